The Morgan fingerprint density at radius 2 is 2.11 bits per heavy atom. The zero-order valence-electron chi connectivity index (χ0n) is 11.8. The summed E-state index contributed by atoms with van der Waals surface area (Å²) in [6.07, 6.45) is 3.42. The summed E-state index contributed by atoms with van der Waals surface area (Å²) in [7, 11) is 0. The van der Waals surface area contributed by atoms with Crippen LogP contribution in [0.2, 0.25) is 0 Å². The van der Waals surface area contributed by atoms with Crippen LogP contribution in [0.5, 0.6) is 0 Å². The second-order valence-electron chi connectivity index (χ2n) is 5.76. The van der Waals surface area contributed by atoms with E-state index in [0.717, 1.165) is 13.0 Å². The van der Waals surface area contributed by atoms with Gasteiger partial charge in [-0.05, 0) is 38.8 Å². The topological polar surface area (TPSA) is 23.4 Å². The van der Waals surface area contributed by atoms with Crippen molar-refractivity contribution in [2.24, 2.45) is 0 Å². The van der Waals surface area contributed by atoms with E-state index in [1.807, 2.05) is 13.8 Å². The summed E-state index contributed by atoms with van der Waals surface area (Å²) in [6.45, 7) is 7.78. The summed E-state index contributed by atoms with van der Waals surface area (Å²) in [5.41, 5.74) is 2.64. The predicted octanol–water partition coefficient (Wildman–Crippen LogP) is 3.49. The van der Waals surface area contributed by atoms with Crippen molar-refractivity contribution in [3.8, 4) is 0 Å². The Morgan fingerprint density at radius 1 is 1.32 bits per heavy atom. The van der Waals surface area contributed by atoms with Crippen molar-refractivity contribution in [3.63, 3.8) is 0 Å². The molecule has 19 heavy (non-hydrogen) atoms. The summed E-state index contributed by atoms with van der Waals surface area (Å²) < 4.78 is 13.8. The van der Waals surface area contributed by atoms with E-state index in [9.17, 15) is 0 Å². The van der Waals surface area contributed by atoms with Gasteiger partial charge in [-0.15, -0.1) is 0 Å². The Kier molecular flexibility index (Phi) is 3.11. The van der Waals surface area contributed by atoms with Gasteiger partial charge < -0.3 is 14.0 Å². The molecule has 0 bridgehead atoms. The van der Waals surface area contributed by atoms with Crippen molar-refractivity contribution in [2.75, 3.05) is 6.61 Å². The molecule has 0 amide bonds. The largest absolute Gasteiger partial charge is 0.348 e. The summed E-state index contributed by atoms with van der Waals surface area (Å²) in [4.78, 5) is 0. The predicted molar refractivity (Wildman–Crippen MR) is 76.2 cm³/mol. The molecular weight excluding hydrogens is 238 g/mol. The highest BCUT2D eigenvalue weighted by molar-refractivity contribution is 5.83. The smallest absolute Gasteiger partial charge is 0.163 e. The van der Waals surface area contributed by atoms with E-state index in [4.69, 9.17) is 9.47 Å². The summed E-state index contributed by atoms with van der Waals surface area (Å²) in [6, 6.07) is 8.55. The SMILES string of the molecule is Cc1cn(CC[C@H]2COC(C)(C)O2)c2ccccc12. The van der Waals surface area contributed by atoms with E-state index in [2.05, 4.69) is 42.0 Å². The van der Waals surface area contributed by atoms with Crippen LogP contribution >= 0.6 is 0 Å². The minimum atomic E-state index is -0.417. The Bertz CT molecular complexity index is 585. The van der Waals surface area contributed by atoms with Gasteiger partial charge in [-0.25, -0.2) is 0 Å². The van der Waals surface area contributed by atoms with Gasteiger partial charge in [-0.1, -0.05) is 18.2 Å². The van der Waals surface area contributed by atoms with Gasteiger partial charge in [0, 0.05) is 23.6 Å². The third kappa shape index (κ3) is 2.53. The maximum absolute atomic E-state index is 5.85. The highest BCUT2D eigenvalue weighted by atomic mass is 16.7. The van der Waals surface area contributed by atoms with Gasteiger partial charge in [0.1, 0.15) is 0 Å². The number of fused-ring (bicyclic) bond motifs is 1. The number of benzene rings is 1. The van der Waals surface area contributed by atoms with Crippen LogP contribution in [0.3, 0.4) is 0 Å². The van der Waals surface area contributed by atoms with E-state index in [-0.39, 0.29) is 6.10 Å². The number of aromatic nitrogens is 1. The van der Waals surface area contributed by atoms with Gasteiger partial charge >= 0.3 is 0 Å². The molecule has 1 aromatic carbocycles. The first kappa shape index (κ1) is 12.7. The molecule has 3 nitrogen and oxygen atoms in total. The van der Waals surface area contributed by atoms with Crippen LogP contribution in [-0.2, 0) is 16.0 Å². The van der Waals surface area contributed by atoms with E-state index >= 15 is 0 Å². The standard InChI is InChI=1S/C16H21NO2/c1-12-10-17(15-7-5-4-6-14(12)15)9-8-13-11-18-16(2,3)19-13/h4-7,10,13H,8-9,11H2,1-3H3/t13-/m0/s1. The molecule has 1 fully saturated rings. The summed E-state index contributed by atoms with van der Waals surface area (Å²) in [5.74, 6) is -0.417. The number of para-hydroxylation sites is 1. The molecule has 0 aliphatic carbocycles. The Morgan fingerprint density at radius 3 is 2.84 bits per heavy atom. The lowest BCUT2D eigenvalue weighted by atomic mass is 10.2. The molecule has 1 aromatic heterocycles. The number of rotatable bonds is 3. The van der Waals surface area contributed by atoms with Gasteiger partial charge in [-0.3, -0.25) is 0 Å². The molecular formula is C16H21NO2. The van der Waals surface area contributed by atoms with Crippen LogP contribution in [0, 0.1) is 6.92 Å². The number of aryl methyl sites for hydroxylation is 2. The van der Waals surface area contributed by atoms with Crippen molar-refractivity contribution < 1.29 is 9.47 Å². The van der Waals surface area contributed by atoms with E-state index in [0.29, 0.717) is 6.61 Å². The number of hydrogen-bond acceptors (Lipinski definition) is 2. The number of nitrogens with zero attached hydrogens (tertiary/aromatic N) is 1. The molecule has 3 rings (SSSR count). The van der Waals surface area contributed by atoms with Gasteiger partial charge in [0.05, 0.1) is 12.7 Å². The van der Waals surface area contributed by atoms with Gasteiger partial charge in [-0.2, -0.15) is 0 Å². The quantitative estimate of drug-likeness (QED) is 0.842. The monoisotopic (exact) mass is 259 g/mol. The molecule has 1 atom stereocenters. The maximum atomic E-state index is 5.85. The highest BCUT2D eigenvalue weighted by Gasteiger charge is 2.32. The lowest BCUT2D eigenvalue weighted by Crippen LogP contribution is -2.22. The van der Waals surface area contributed by atoms with Crippen molar-refractivity contribution in [1.29, 1.82) is 0 Å². The lowest BCUT2D eigenvalue weighted by Gasteiger charge is -2.17. The number of hydrogen-bond donors (Lipinski definition) is 0. The third-order valence-corrected chi connectivity index (χ3v) is 3.75. The second kappa shape index (κ2) is 4.66. The average molecular weight is 259 g/mol. The molecule has 1 saturated heterocycles. The van der Waals surface area contributed by atoms with Crippen LogP contribution in [0.4, 0.5) is 0 Å². The van der Waals surface area contributed by atoms with Crippen LogP contribution < -0.4 is 0 Å². The minimum Gasteiger partial charge on any atom is -0.348 e. The van der Waals surface area contributed by atoms with Crippen LogP contribution in [-0.4, -0.2) is 23.1 Å². The molecule has 2 aromatic rings. The first-order valence-corrected chi connectivity index (χ1v) is 6.91. The molecule has 0 radical (unpaired) electrons. The fourth-order valence-corrected chi connectivity index (χ4v) is 2.80. The molecule has 0 N–H and O–H groups in total. The summed E-state index contributed by atoms with van der Waals surface area (Å²) in [5, 5.41) is 1.34. The van der Waals surface area contributed by atoms with Gasteiger partial charge in [0.15, 0.2) is 5.79 Å². The van der Waals surface area contributed by atoms with E-state index < -0.39 is 5.79 Å². The third-order valence-electron chi connectivity index (χ3n) is 3.75. The minimum absolute atomic E-state index is 0.205. The van der Waals surface area contributed by atoms with Gasteiger partial charge in [0.25, 0.3) is 0 Å². The first-order chi connectivity index (χ1) is 9.05. The molecule has 3 heteroatoms. The lowest BCUT2D eigenvalue weighted by molar-refractivity contribution is -0.139. The normalized spacial score (nSPS) is 22.2. The zero-order valence-corrected chi connectivity index (χ0v) is 11.8. The fraction of sp³-hybridized carbons (Fsp3) is 0.500. The molecule has 1 aliphatic heterocycles. The maximum Gasteiger partial charge on any atom is 0.163 e. The highest BCUT2D eigenvalue weighted by Crippen LogP contribution is 2.26. The van der Waals surface area contributed by atoms with Crippen molar-refractivity contribution in [3.05, 3.63) is 36.0 Å². The van der Waals surface area contributed by atoms with Crippen molar-refractivity contribution in [2.45, 2.75) is 45.6 Å². The van der Waals surface area contributed by atoms with E-state index in [1.165, 1.54) is 16.5 Å². The molecule has 0 spiro atoms. The van der Waals surface area contributed by atoms with Crippen LogP contribution in [0.25, 0.3) is 10.9 Å². The van der Waals surface area contributed by atoms with Crippen LogP contribution in [0.15, 0.2) is 30.5 Å². The van der Waals surface area contributed by atoms with Crippen molar-refractivity contribution >= 4 is 10.9 Å². The fourth-order valence-electron chi connectivity index (χ4n) is 2.80. The Labute approximate surface area is 114 Å². The molecule has 102 valence electrons. The van der Waals surface area contributed by atoms with E-state index in [1.54, 1.807) is 0 Å². The second-order valence-corrected chi connectivity index (χ2v) is 5.76. The van der Waals surface area contributed by atoms with Gasteiger partial charge in [0.2, 0.25) is 0 Å². The zero-order chi connectivity index (χ0) is 13.5. The number of ether oxygens (including phenoxy) is 2. The Hall–Kier alpha value is -1.32. The average Bonchev–Trinajstić information content (AvgIpc) is 2.88. The van der Waals surface area contributed by atoms with Crippen LogP contribution in [0.1, 0.15) is 25.8 Å². The first-order valence-electron chi connectivity index (χ1n) is 6.91. The molecule has 0 unspecified atom stereocenters. The molecule has 1 aliphatic rings. The van der Waals surface area contributed by atoms with Crippen molar-refractivity contribution in [1.82, 2.24) is 4.57 Å². The Balaban J connectivity index is 1.73. The molecule has 2 heterocycles. The molecule has 0 saturated carbocycles. The summed E-state index contributed by atoms with van der Waals surface area (Å²) >= 11 is 0.